The van der Waals surface area contributed by atoms with E-state index in [1.54, 1.807) is 24.3 Å². The number of anilines is 1. The zero-order chi connectivity index (χ0) is 39.8. The van der Waals surface area contributed by atoms with Crippen molar-refractivity contribution in [3.05, 3.63) is 47.2 Å². The summed E-state index contributed by atoms with van der Waals surface area (Å²) in [5.41, 5.74) is 11.8. The third-order valence-electron chi connectivity index (χ3n) is 8.57. The lowest BCUT2D eigenvalue weighted by Gasteiger charge is -2.31. The van der Waals surface area contributed by atoms with Gasteiger partial charge in [-0.2, -0.15) is 5.10 Å². The molecule has 0 unspecified atom stereocenters. The first-order valence-corrected chi connectivity index (χ1v) is 18.5. The van der Waals surface area contributed by atoms with E-state index in [4.69, 9.17) is 40.4 Å². The third kappa shape index (κ3) is 13.3. The first-order valence-electron chi connectivity index (χ1n) is 17.7. The number of aliphatic hydroxyl groups excluding tert-OH is 1. The summed E-state index contributed by atoms with van der Waals surface area (Å²) in [6, 6.07) is 3.45. The second-order valence-electron chi connectivity index (χ2n) is 12.8. The summed E-state index contributed by atoms with van der Waals surface area (Å²) in [5.74, 6) is -4.74. The second-order valence-corrected chi connectivity index (χ2v) is 13.6. The van der Waals surface area contributed by atoms with E-state index in [-0.39, 0.29) is 36.6 Å². The lowest BCUT2D eigenvalue weighted by Crippen LogP contribution is -2.59. The minimum Gasteiger partial charge on any atom is -0.480 e. The number of hydrogen-bond donors (Lipinski definition) is 9. The fourth-order valence-corrected chi connectivity index (χ4v) is 6.07. The summed E-state index contributed by atoms with van der Waals surface area (Å²) in [4.78, 5) is 79.4. The Bertz CT molecular complexity index is 1630. The highest BCUT2D eigenvalue weighted by Gasteiger charge is 2.39. The van der Waals surface area contributed by atoms with Crippen LogP contribution in [-0.2, 0) is 24.0 Å². The van der Waals surface area contributed by atoms with Crippen LogP contribution in [0, 0.1) is 0 Å². The maximum Gasteiger partial charge on any atom is 0.322 e. The van der Waals surface area contributed by atoms with E-state index >= 15 is 0 Å². The van der Waals surface area contributed by atoms with Crippen LogP contribution in [0.2, 0.25) is 5.02 Å². The number of aromatic nitrogens is 2. The average molecular weight is 793 g/mol. The van der Waals surface area contributed by atoms with Gasteiger partial charge in [0.25, 0.3) is 5.91 Å². The second kappa shape index (κ2) is 21.9. The standard InChI is InChI=1S/C34H49ClN10O8S/c1-20(46)28(42-30(50)24-14-18-45(43-24)34(54)39-22-12-10-21(35)11-13-22)32(52)41-25(8-3-5-16-37)33(53)44-17-6-9-26(44)31(51)40-23(7-2-4-15-36)29(49)38-19-27(47)48/h10-14,18,20,23,25-26,28,46H,2-9,15-17,19,36-37H2,1H3,(H,38,49)(H,39,54)(H,40,51)(H,41,52)(H,42,50)(H,47,48)/t20-,23+,25+,26+,28+/m1/s1. The van der Waals surface area contributed by atoms with Gasteiger partial charge in [0.2, 0.25) is 23.6 Å². The van der Waals surface area contributed by atoms with Gasteiger partial charge >= 0.3 is 5.97 Å². The van der Waals surface area contributed by atoms with Crippen LogP contribution in [0.15, 0.2) is 36.5 Å². The van der Waals surface area contributed by atoms with Gasteiger partial charge in [-0.05, 0) is 114 Å². The zero-order valence-electron chi connectivity index (χ0n) is 30.0. The number of carboxylic acid groups (broad SMARTS) is 1. The van der Waals surface area contributed by atoms with Crippen molar-refractivity contribution in [3.8, 4) is 0 Å². The molecular formula is C34H49ClN10O8S. The van der Waals surface area contributed by atoms with Gasteiger partial charge in [-0.15, -0.1) is 0 Å². The van der Waals surface area contributed by atoms with Crippen LogP contribution < -0.4 is 38.1 Å². The van der Waals surface area contributed by atoms with Crippen LogP contribution in [0.4, 0.5) is 5.69 Å². The van der Waals surface area contributed by atoms with Crippen molar-refractivity contribution in [1.82, 2.24) is 35.9 Å². The smallest absolute Gasteiger partial charge is 0.322 e. The fourth-order valence-electron chi connectivity index (χ4n) is 5.72. The lowest BCUT2D eigenvalue weighted by molar-refractivity contribution is -0.143. The quantitative estimate of drug-likeness (QED) is 0.0615. The maximum absolute atomic E-state index is 14.0. The van der Waals surface area contributed by atoms with Gasteiger partial charge in [-0.25, -0.2) is 4.68 Å². The van der Waals surface area contributed by atoms with E-state index in [0.29, 0.717) is 55.9 Å². The monoisotopic (exact) mass is 792 g/mol. The van der Waals surface area contributed by atoms with Crippen molar-refractivity contribution in [2.45, 2.75) is 88.6 Å². The molecule has 1 aliphatic rings. The highest BCUT2D eigenvalue weighted by Crippen LogP contribution is 2.21. The minimum absolute atomic E-state index is 0.104. The lowest BCUT2D eigenvalue weighted by atomic mass is 10.0. The molecule has 0 aliphatic carbocycles. The number of carbonyl (C=O) groups is 6. The molecule has 18 nitrogen and oxygen atoms in total. The number of nitrogens with zero attached hydrogens (tertiary/aromatic N) is 3. The SMILES string of the molecule is C[C@@H](O)[C@H](NC(=O)c1ccn(C(=S)Nc2ccc(Cl)cc2)n1)C(=O)N[C@@H](CCCCN)C(=O)N1CCC[C@H]1C(=O)N[C@@H](CCCCN)C(=O)NCC(=O)O. The molecule has 0 bridgehead atoms. The molecule has 5 amide bonds. The number of aliphatic carboxylic acids is 1. The number of benzene rings is 1. The van der Waals surface area contributed by atoms with E-state index in [0.717, 1.165) is 0 Å². The molecular weight excluding hydrogens is 744 g/mol. The van der Waals surface area contributed by atoms with E-state index in [1.807, 2.05) is 0 Å². The molecule has 1 aromatic carbocycles. The largest absolute Gasteiger partial charge is 0.480 e. The van der Waals surface area contributed by atoms with Gasteiger partial charge in [0.05, 0.1) is 6.10 Å². The predicted octanol–water partition coefficient (Wildman–Crippen LogP) is -0.320. The molecule has 1 aromatic heterocycles. The number of carbonyl (C=O) groups excluding carboxylic acids is 5. The van der Waals surface area contributed by atoms with Crippen LogP contribution >= 0.6 is 23.8 Å². The molecule has 1 saturated heterocycles. The summed E-state index contributed by atoms with van der Waals surface area (Å²) < 4.78 is 1.25. The van der Waals surface area contributed by atoms with Crippen molar-refractivity contribution < 1.29 is 39.0 Å². The van der Waals surface area contributed by atoms with Crippen molar-refractivity contribution >= 4 is 70.1 Å². The highest BCUT2D eigenvalue weighted by molar-refractivity contribution is 7.80. The van der Waals surface area contributed by atoms with E-state index in [1.165, 1.54) is 28.8 Å². The van der Waals surface area contributed by atoms with Crippen LogP contribution in [0.25, 0.3) is 0 Å². The average Bonchev–Trinajstić information content (AvgIpc) is 3.84. The molecule has 2 aromatic rings. The summed E-state index contributed by atoms with van der Waals surface area (Å²) in [7, 11) is 0. The summed E-state index contributed by atoms with van der Waals surface area (Å²) >= 11 is 11.3. The molecule has 2 heterocycles. The Morgan fingerprint density at radius 2 is 1.59 bits per heavy atom. The summed E-state index contributed by atoms with van der Waals surface area (Å²) in [6.07, 6.45) is 3.19. The number of aliphatic hydroxyl groups is 1. The predicted molar refractivity (Wildman–Crippen MR) is 203 cm³/mol. The number of thiocarbonyl (C=S) groups is 1. The molecule has 0 spiro atoms. The maximum atomic E-state index is 14.0. The number of nitrogens with two attached hydrogens (primary N) is 2. The zero-order valence-corrected chi connectivity index (χ0v) is 31.5. The molecule has 54 heavy (non-hydrogen) atoms. The van der Waals surface area contributed by atoms with Crippen LogP contribution in [-0.4, -0.2) is 122 Å². The van der Waals surface area contributed by atoms with Crippen molar-refractivity contribution in [3.63, 3.8) is 0 Å². The van der Waals surface area contributed by atoms with Gasteiger partial charge in [-0.3, -0.25) is 28.8 Å². The number of hydrogen-bond acceptors (Lipinski definition) is 11. The number of rotatable bonds is 20. The topological polar surface area (TPSA) is 276 Å². The Labute approximate surface area is 323 Å². The molecule has 296 valence electrons. The minimum atomic E-state index is -1.50. The number of halogens is 1. The van der Waals surface area contributed by atoms with Gasteiger partial charge in [0.15, 0.2) is 10.8 Å². The van der Waals surface area contributed by atoms with Crippen LogP contribution in [0.3, 0.4) is 0 Å². The molecule has 5 atom stereocenters. The van der Waals surface area contributed by atoms with Crippen molar-refractivity contribution in [2.75, 3.05) is 31.5 Å². The third-order valence-corrected chi connectivity index (χ3v) is 9.11. The first kappa shape index (κ1) is 43.7. The Morgan fingerprint density at radius 3 is 2.20 bits per heavy atom. The van der Waals surface area contributed by atoms with Gasteiger partial charge < -0.3 is 53.2 Å². The molecule has 3 rings (SSSR count). The van der Waals surface area contributed by atoms with Gasteiger partial charge in [-0.1, -0.05) is 11.6 Å². The van der Waals surface area contributed by atoms with Crippen LogP contribution in [0.1, 0.15) is 68.8 Å². The Hall–Kier alpha value is -4.69. The Kier molecular flexibility index (Phi) is 17.7. The summed E-state index contributed by atoms with van der Waals surface area (Å²) in [6.45, 7) is 1.56. The molecule has 1 fully saturated rings. The Morgan fingerprint density at radius 1 is 0.944 bits per heavy atom. The number of likely N-dealkylation sites (tertiary alicyclic amines) is 1. The normalized spacial score (nSPS) is 16.0. The fraction of sp³-hybridized carbons (Fsp3) is 0.529. The van der Waals surface area contributed by atoms with E-state index < -0.39 is 72.3 Å². The summed E-state index contributed by atoms with van der Waals surface area (Å²) in [5, 5.41) is 37.4. The molecule has 11 N–H and O–H groups in total. The van der Waals surface area contributed by atoms with Gasteiger partial charge in [0.1, 0.15) is 30.7 Å². The van der Waals surface area contributed by atoms with Crippen LogP contribution in [0.5, 0.6) is 0 Å². The molecule has 0 saturated carbocycles. The molecule has 1 aliphatic heterocycles. The van der Waals surface area contributed by atoms with E-state index in [2.05, 4.69) is 31.7 Å². The molecule has 0 radical (unpaired) electrons. The van der Waals surface area contributed by atoms with Gasteiger partial charge in [0, 0.05) is 23.5 Å². The first-order chi connectivity index (χ1) is 25.7. The molecule has 20 heteroatoms. The van der Waals surface area contributed by atoms with E-state index in [9.17, 15) is 33.9 Å². The Balaban J connectivity index is 1.71. The number of unbranched alkanes of at least 4 members (excludes halogenated alkanes) is 2. The highest BCUT2D eigenvalue weighted by atomic mass is 35.5. The number of amides is 5. The number of nitrogens with one attached hydrogen (secondary N) is 5. The number of carboxylic acids is 1. The van der Waals surface area contributed by atoms with Crippen molar-refractivity contribution in [1.29, 1.82) is 0 Å². The van der Waals surface area contributed by atoms with Crippen molar-refractivity contribution in [2.24, 2.45) is 11.5 Å².